The monoisotopic (exact) mass is 571 g/mol. The number of aliphatic hydroxyl groups excluding tert-OH is 1. The molecule has 4 aromatic rings. The van der Waals surface area contributed by atoms with Crippen molar-refractivity contribution in [2.75, 3.05) is 36.1 Å². The van der Waals surface area contributed by atoms with Crippen LogP contribution in [-0.2, 0) is 10.0 Å². The molecule has 212 valence electrons. The quantitative estimate of drug-likeness (QED) is 0.235. The molecule has 0 bridgehead atoms. The highest BCUT2D eigenvalue weighted by Gasteiger charge is 2.27. The van der Waals surface area contributed by atoms with Crippen LogP contribution in [0, 0.1) is 5.82 Å². The summed E-state index contributed by atoms with van der Waals surface area (Å²) in [6.45, 7) is 2.96. The molecule has 0 saturated heterocycles. The largest absolute Gasteiger partial charge is 0.489 e. The average Bonchev–Trinajstić information content (AvgIpc) is 3.24. The molecule has 0 aliphatic heterocycles. The van der Waals surface area contributed by atoms with Gasteiger partial charge in [0.15, 0.2) is 11.5 Å². The highest BCUT2D eigenvalue weighted by Crippen LogP contribution is 2.45. The molecular formula is C28H30FN3O7S. The molecule has 3 aromatic carbocycles. The molecule has 0 atom stereocenters. The van der Waals surface area contributed by atoms with E-state index in [9.17, 15) is 22.7 Å². The first-order valence-corrected chi connectivity index (χ1v) is 14.2. The van der Waals surface area contributed by atoms with E-state index in [-0.39, 0.29) is 47.0 Å². The maximum Gasteiger partial charge on any atom is 0.412 e. The van der Waals surface area contributed by atoms with Crippen LogP contribution in [-0.4, -0.2) is 52.2 Å². The molecule has 1 heterocycles. The Labute approximate surface area is 231 Å². The normalized spacial score (nSPS) is 11.5. The summed E-state index contributed by atoms with van der Waals surface area (Å²) in [6.07, 6.45) is -0.0177. The lowest BCUT2D eigenvalue weighted by Gasteiger charge is -2.24. The van der Waals surface area contributed by atoms with E-state index >= 15 is 0 Å². The zero-order chi connectivity index (χ0) is 29.0. The van der Waals surface area contributed by atoms with Gasteiger partial charge in [-0.3, -0.25) is 4.31 Å². The van der Waals surface area contributed by atoms with Gasteiger partial charge >= 0.3 is 6.09 Å². The highest BCUT2D eigenvalue weighted by atomic mass is 32.2. The topological polar surface area (TPSA) is 130 Å². The number of rotatable bonds is 10. The predicted octanol–water partition coefficient (Wildman–Crippen LogP) is 5.25. The number of anilines is 3. The fourth-order valence-corrected chi connectivity index (χ4v) is 4.94. The Morgan fingerprint density at radius 1 is 1.07 bits per heavy atom. The molecule has 10 nitrogen and oxygen atoms in total. The maximum absolute atomic E-state index is 13.2. The van der Waals surface area contributed by atoms with Crippen molar-refractivity contribution >= 4 is 44.1 Å². The van der Waals surface area contributed by atoms with Gasteiger partial charge in [0.25, 0.3) is 0 Å². The van der Waals surface area contributed by atoms with Gasteiger partial charge in [0, 0.05) is 30.1 Å². The van der Waals surface area contributed by atoms with Gasteiger partial charge in [-0.1, -0.05) is 0 Å². The van der Waals surface area contributed by atoms with Crippen LogP contribution in [0.15, 0.2) is 65.1 Å². The Hall–Kier alpha value is -4.29. The number of nitrogens with one attached hydrogen (secondary N) is 2. The number of furan rings is 1. The van der Waals surface area contributed by atoms with E-state index in [2.05, 4.69) is 10.6 Å². The Kier molecular flexibility index (Phi) is 8.50. The molecule has 0 spiro atoms. The van der Waals surface area contributed by atoms with Gasteiger partial charge in [0.1, 0.15) is 17.1 Å². The molecule has 1 aromatic heterocycles. The Bertz CT molecular complexity index is 1600. The lowest BCUT2D eigenvalue weighted by atomic mass is 10.1. The molecule has 0 aliphatic carbocycles. The number of sulfonamides is 1. The van der Waals surface area contributed by atoms with E-state index in [1.165, 1.54) is 25.2 Å². The van der Waals surface area contributed by atoms with Crippen molar-refractivity contribution < 1.29 is 36.6 Å². The molecule has 0 aliphatic rings. The van der Waals surface area contributed by atoms with Gasteiger partial charge < -0.3 is 29.6 Å². The van der Waals surface area contributed by atoms with E-state index in [1.54, 1.807) is 56.3 Å². The van der Waals surface area contributed by atoms with Crippen LogP contribution in [0.3, 0.4) is 0 Å². The lowest BCUT2D eigenvalue weighted by Crippen LogP contribution is -2.33. The predicted molar refractivity (Wildman–Crippen MR) is 151 cm³/mol. The summed E-state index contributed by atoms with van der Waals surface area (Å²) in [6, 6.07) is 16.0. The first kappa shape index (κ1) is 28.7. The van der Waals surface area contributed by atoms with Crippen molar-refractivity contribution in [2.45, 2.75) is 20.0 Å². The van der Waals surface area contributed by atoms with Gasteiger partial charge in [-0.05, 0) is 68.4 Å². The number of amides is 1. The molecule has 0 unspecified atom stereocenters. The van der Waals surface area contributed by atoms with Crippen LogP contribution >= 0.6 is 0 Å². The minimum Gasteiger partial charge on any atom is -0.489 e. The van der Waals surface area contributed by atoms with Crippen LogP contribution in [0.25, 0.3) is 22.3 Å². The molecule has 0 radical (unpaired) electrons. The fraction of sp³-hybridized carbons (Fsp3) is 0.250. The van der Waals surface area contributed by atoms with Gasteiger partial charge in [-0.15, -0.1) is 0 Å². The first-order valence-electron chi connectivity index (χ1n) is 12.4. The SMILES string of the molecule is CNC(=O)Oc1c(-c2ccc(Nc3ccc(F)cc3)cc2)oc2cc(N(CCO)S(C)(=O)=O)c(OC(C)C)cc12. The van der Waals surface area contributed by atoms with Gasteiger partial charge in [-0.25, -0.2) is 17.6 Å². The van der Waals surface area contributed by atoms with Crippen molar-refractivity contribution in [3.63, 3.8) is 0 Å². The molecule has 4 rings (SSSR count). The number of carbonyl (C=O) groups is 1. The van der Waals surface area contributed by atoms with Crippen molar-refractivity contribution in [3.8, 4) is 22.8 Å². The molecule has 12 heteroatoms. The van der Waals surface area contributed by atoms with E-state index < -0.39 is 22.7 Å². The second kappa shape index (κ2) is 11.8. The number of halogens is 1. The van der Waals surface area contributed by atoms with Crippen molar-refractivity contribution in [3.05, 3.63) is 66.5 Å². The Morgan fingerprint density at radius 3 is 2.25 bits per heavy atom. The highest BCUT2D eigenvalue weighted by molar-refractivity contribution is 7.92. The van der Waals surface area contributed by atoms with Crippen LogP contribution < -0.4 is 24.4 Å². The standard InChI is InChI=1S/C28H30FN3O7S/c1-17(2)37-25-15-22-24(16-23(25)32(13-14-33)40(4,35)36)38-26(27(22)39-28(34)30-3)18-5-9-20(10-6-18)31-21-11-7-19(29)8-12-21/h5-12,15-17,31,33H,13-14H2,1-4H3,(H,30,34). The minimum atomic E-state index is -3.79. The third kappa shape index (κ3) is 6.46. The zero-order valence-corrected chi connectivity index (χ0v) is 23.2. The number of aliphatic hydroxyl groups is 1. The van der Waals surface area contributed by atoms with Crippen LogP contribution in [0.2, 0.25) is 0 Å². The zero-order valence-electron chi connectivity index (χ0n) is 22.4. The first-order chi connectivity index (χ1) is 19.0. The summed E-state index contributed by atoms with van der Waals surface area (Å²) in [5.41, 5.74) is 2.40. The van der Waals surface area contributed by atoms with Crippen LogP contribution in [0.5, 0.6) is 11.5 Å². The Balaban J connectivity index is 1.84. The van der Waals surface area contributed by atoms with Gasteiger partial charge in [0.05, 0.1) is 36.6 Å². The third-order valence-electron chi connectivity index (χ3n) is 5.74. The van der Waals surface area contributed by atoms with E-state index in [0.717, 1.165) is 16.2 Å². The Morgan fingerprint density at radius 2 is 1.70 bits per heavy atom. The average molecular weight is 572 g/mol. The molecular weight excluding hydrogens is 541 g/mol. The number of nitrogens with zero attached hydrogens (tertiary/aromatic N) is 1. The number of carbonyl (C=O) groups excluding carboxylic acids is 1. The molecule has 0 fully saturated rings. The fourth-order valence-electron chi connectivity index (χ4n) is 4.03. The van der Waals surface area contributed by atoms with E-state index in [4.69, 9.17) is 13.9 Å². The number of ether oxygens (including phenoxy) is 2. The summed E-state index contributed by atoms with van der Waals surface area (Å²) in [7, 11) is -2.37. The lowest BCUT2D eigenvalue weighted by molar-refractivity contribution is 0.203. The van der Waals surface area contributed by atoms with Crippen molar-refractivity contribution in [2.24, 2.45) is 0 Å². The minimum absolute atomic E-state index is 0.113. The summed E-state index contributed by atoms with van der Waals surface area (Å²) in [5.74, 6) is 0.208. The number of fused-ring (bicyclic) bond motifs is 1. The second-order valence-corrected chi connectivity index (χ2v) is 11.1. The smallest absolute Gasteiger partial charge is 0.412 e. The molecule has 3 N–H and O–H groups in total. The number of hydrogen-bond acceptors (Lipinski definition) is 8. The van der Waals surface area contributed by atoms with Gasteiger partial charge in [-0.2, -0.15) is 0 Å². The van der Waals surface area contributed by atoms with Crippen LogP contribution in [0.1, 0.15) is 13.8 Å². The third-order valence-corrected chi connectivity index (χ3v) is 6.92. The number of benzene rings is 3. The molecule has 40 heavy (non-hydrogen) atoms. The van der Waals surface area contributed by atoms with Crippen molar-refractivity contribution in [1.82, 2.24) is 5.32 Å². The second-order valence-electron chi connectivity index (χ2n) is 9.15. The summed E-state index contributed by atoms with van der Waals surface area (Å²) in [4.78, 5) is 12.3. The summed E-state index contributed by atoms with van der Waals surface area (Å²) in [5, 5.41) is 15.5. The molecule has 0 saturated carbocycles. The van der Waals surface area contributed by atoms with Crippen LogP contribution in [0.4, 0.5) is 26.2 Å². The van der Waals surface area contributed by atoms with Gasteiger partial charge in [0.2, 0.25) is 10.0 Å². The summed E-state index contributed by atoms with van der Waals surface area (Å²) < 4.78 is 57.1. The van der Waals surface area contributed by atoms with Crippen molar-refractivity contribution in [1.29, 1.82) is 0 Å². The van der Waals surface area contributed by atoms with E-state index in [0.29, 0.717) is 16.6 Å². The summed E-state index contributed by atoms with van der Waals surface area (Å²) >= 11 is 0. The maximum atomic E-state index is 13.2. The number of hydrogen-bond donors (Lipinski definition) is 3. The molecule has 1 amide bonds. The van der Waals surface area contributed by atoms with E-state index in [1.807, 2.05) is 0 Å².